The van der Waals surface area contributed by atoms with Gasteiger partial charge in [0, 0.05) is 0 Å². The minimum atomic E-state index is -1.05. The molecule has 1 aliphatic rings. The minimum Gasteiger partial charge on any atom is -0.390 e. The zero-order valence-electron chi connectivity index (χ0n) is 10.4. The van der Waals surface area contributed by atoms with Gasteiger partial charge < -0.3 is 21.5 Å². The molecule has 1 atom stereocenters. The molecule has 1 saturated carbocycles. The van der Waals surface area contributed by atoms with Crippen LogP contribution in [0.25, 0.3) is 0 Å². The summed E-state index contributed by atoms with van der Waals surface area (Å²) in [7, 11) is 0. The molecule has 1 amide bonds. The van der Waals surface area contributed by atoms with Gasteiger partial charge in [-0.3, -0.25) is 4.79 Å². The highest BCUT2D eigenvalue weighted by molar-refractivity contribution is 5.93. The van der Waals surface area contributed by atoms with E-state index in [9.17, 15) is 14.4 Å². The maximum Gasteiger partial charge on any atom is 0.333 e. The van der Waals surface area contributed by atoms with E-state index in [1.165, 1.54) is 6.92 Å². The Balaban J connectivity index is 2.36. The molecule has 18 heavy (non-hydrogen) atoms. The zero-order valence-corrected chi connectivity index (χ0v) is 10.4. The van der Waals surface area contributed by atoms with Crippen LogP contribution in [0.2, 0.25) is 0 Å². The summed E-state index contributed by atoms with van der Waals surface area (Å²) < 4.78 is 4.61. The van der Waals surface area contributed by atoms with Crippen LogP contribution >= 0.6 is 0 Å². The summed E-state index contributed by atoms with van der Waals surface area (Å²) in [5.74, 6) is -2.03. The van der Waals surface area contributed by atoms with Crippen molar-refractivity contribution >= 4 is 17.8 Å². The first-order chi connectivity index (χ1) is 8.35. The van der Waals surface area contributed by atoms with E-state index in [0.29, 0.717) is 12.8 Å². The topological polar surface area (TPSA) is 125 Å². The first-order valence-electron chi connectivity index (χ1n) is 5.92. The highest BCUT2D eigenvalue weighted by Gasteiger charge is 2.39. The van der Waals surface area contributed by atoms with Crippen molar-refractivity contribution in [1.29, 1.82) is 0 Å². The normalized spacial score (nSPS) is 19.1. The van der Waals surface area contributed by atoms with E-state index in [1.54, 1.807) is 0 Å². The van der Waals surface area contributed by atoms with Gasteiger partial charge in [-0.15, -0.1) is 0 Å². The number of rotatable bonds is 4. The molecule has 0 radical (unpaired) electrons. The largest absolute Gasteiger partial charge is 0.390 e. The van der Waals surface area contributed by atoms with Crippen molar-refractivity contribution < 1.29 is 19.1 Å². The number of carbonyl (C=O) groups excluding carboxylic acids is 3. The second kappa shape index (κ2) is 5.92. The molecular formula is C11H19N3O4. The Morgan fingerprint density at radius 2 is 1.89 bits per heavy atom. The Hall–Kier alpha value is -1.47. The van der Waals surface area contributed by atoms with Gasteiger partial charge in [-0.2, -0.15) is 0 Å². The van der Waals surface area contributed by atoms with Crippen molar-refractivity contribution in [2.45, 2.75) is 44.2 Å². The molecule has 0 bridgehead atoms. The van der Waals surface area contributed by atoms with Crippen molar-refractivity contribution in [3.05, 3.63) is 0 Å². The SMILES string of the molecule is C[C@H](N)C(=O)NCC(=O)OC(=O)C1(N)CCCC1. The van der Waals surface area contributed by atoms with Crippen LogP contribution in [0.4, 0.5) is 0 Å². The van der Waals surface area contributed by atoms with E-state index in [-0.39, 0.29) is 6.54 Å². The molecule has 7 heteroatoms. The van der Waals surface area contributed by atoms with Crippen molar-refractivity contribution in [2.75, 3.05) is 6.54 Å². The summed E-state index contributed by atoms with van der Waals surface area (Å²) in [6.45, 7) is 1.10. The molecule has 1 rings (SSSR count). The lowest BCUT2D eigenvalue weighted by molar-refractivity contribution is -0.163. The Labute approximate surface area is 105 Å². The molecule has 0 aliphatic heterocycles. The van der Waals surface area contributed by atoms with E-state index >= 15 is 0 Å². The number of hydrogen-bond donors (Lipinski definition) is 3. The maximum absolute atomic E-state index is 11.7. The number of esters is 2. The number of carbonyl (C=O) groups is 3. The van der Waals surface area contributed by atoms with Gasteiger partial charge in [-0.25, -0.2) is 9.59 Å². The van der Waals surface area contributed by atoms with E-state index in [4.69, 9.17) is 11.5 Å². The van der Waals surface area contributed by atoms with Gasteiger partial charge in [0.15, 0.2) is 0 Å². The summed E-state index contributed by atoms with van der Waals surface area (Å²) in [5.41, 5.74) is 10.1. The molecule has 0 aromatic carbocycles. The highest BCUT2D eigenvalue weighted by atomic mass is 16.6. The van der Waals surface area contributed by atoms with Gasteiger partial charge in [0.1, 0.15) is 12.1 Å². The second-order valence-corrected chi connectivity index (χ2v) is 4.63. The molecule has 102 valence electrons. The molecule has 0 aromatic heterocycles. The number of amides is 1. The highest BCUT2D eigenvalue weighted by Crippen LogP contribution is 2.28. The molecule has 0 unspecified atom stereocenters. The van der Waals surface area contributed by atoms with Crippen LogP contribution in [0.15, 0.2) is 0 Å². The van der Waals surface area contributed by atoms with E-state index in [1.807, 2.05) is 0 Å². The van der Waals surface area contributed by atoms with Crippen LogP contribution in [-0.2, 0) is 19.1 Å². The molecule has 0 heterocycles. The Bertz CT molecular complexity index is 348. The maximum atomic E-state index is 11.7. The molecule has 7 nitrogen and oxygen atoms in total. The third-order valence-corrected chi connectivity index (χ3v) is 2.93. The second-order valence-electron chi connectivity index (χ2n) is 4.63. The lowest BCUT2D eigenvalue weighted by Gasteiger charge is -2.20. The molecule has 0 saturated heterocycles. The lowest BCUT2D eigenvalue weighted by atomic mass is 10.00. The van der Waals surface area contributed by atoms with Gasteiger partial charge in [0.25, 0.3) is 0 Å². The van der Waals surface area contributed by atoms with Crippen molar-refractivity contribution in [3.8, 4) is 0 Å². The molecule has 1 aliphatic carbocycles. The predicted molar refractivity (Wildman–Crippen MR) is 63.1 cm³/mol. The average Bonchev–Trinajstić information content (AvgIpc) is 2.74. The van der Waals surface area contributed by atoms with Crippen LogP contribution in [0, 0.1) is 0 Å². The minimum absolute atomic E-state index is 0.387. The number of ether oxygens (including phenoxy) is 1. The Kier molecular flexibility index (Phi) is 4.80. The summed E-state index contributed by atoms with van der Waals surface area (Å²) in [6, 6.07) is -0.718. The third kappa shape index (κ3) is 3.78. The zero-order chi connectivity index (χ0) is 13.8. The Morgan fingerprint density at radius 3 is 2.39 bits per heavy atom. The first kappa shape index (κ1) is 14.6. The third-order valence-electron chi connectivity index (χ3n) is 2.93. The lowest BCUT2D eigenvalue weighted by Crippen LogP contribution is -2.48. The summed E-state index contributed by atoms with van der Waals surface area (Å²) in [5, 5.41) is 2.26. The van der Waals surface area contributed by atoms with Gasteiger partial charge in [-0.05, 0) is 19.8 Å². The van der Waals surface area contributed by atoms with Crippen LogP contribution in [0.3, 0.4) is 0 Å². The summed E-state index contributed by atoms with van der Waals surface area (Å²) in [4.78, 5) is 34.1. The number of nitrogens with two attached hydrogens (primary N) is 2. The fraction of sp³-hybridized carbons (Fsp3) is 0.727. The van der Waals surface area contributed by atoms with E-state index in [0.717, 1.165) is 12.8 Å². The van der Waals surface area contributed by atoms with Crippen molar-refractivity contribution in [2.24, 2.45) is 11.5 Å². The average molecular weight is 257 g/mol. The monoisotopic (exact) mass is 257 g/mol. The standard InChI is InChI=1S/C11H19N3O4/c1-7(12)9(16)14-6-8(15)18-10(17)11(13)4-2-3-5-11/h7H,2-6,12-13H2,1H3,(H,14,16)/t7-/m0/s1. The number of hydrogen-bond acceptors (Lipinski definition) is 6. The van der Waals surface area contributed by atoms with Crippen LogP contribution in [-0.4, -0.2) is 36.0 Å². The number of nitrogens with one attached hydrogen (secondary N) is 1. The van der Waals surface area contributed by atoms with Crippen molar-refractivity contribution in [1.82, 2.24) is 5.32 Å². The fourth-order valence-electron chi connectivity index (χ4n) is 1.77. The van der Waals surface area contributed by atoms with Crippen LogP contribution in [0.1, 0.15) is 32.6 Å². The summed E-state index contributed by atoms with van der Waals surface area (Å²) in [6.07, 6.45) is 2.74. The molecule has 1 fully saturated rings. The van der Waals surface area contributed by atoms with E-state index in [2.05, 4.69) is 10.1 Å². The van der Waals surface area contributed by atoms with Gasteiger partial charge >= 0.3 is 11.9 Å². The predicted octanol–water partition coefficient (Wildman–Crippen LogP) is -1.21. The van der Waals surface area contributed by atoms with E-state index < -0.39 is 29.4 Å². The van der Waals surface area contributed by atoms with Crippen molar-refractivity contribution in [3.63, 3.8) is 0 Å². The first-order valence-corrected chi connectivity index (χ1v) is 5.92. The molecule has 0 spiro atoms. The smallest absolute Gasteiger partial charge is 0.333 e. The summed E-state index contributed by atoms with van der Waals surface area (Å²) >= 11 is 0. The molecule has 5 N–H and O–H groups in total. The van der Waals surface area contributed by atoms with Crippen LogP contribution < -0.4 is 16.8 Å². The quantitative estimate of drug-likeness (QED) is 0.429. The van der Waals surface area contributed by atoms with Crippen LogP contribution in [0.5, 0.6) is 0 Å². The van der Waals surface area contributed by atoms with Gasteiger partial charge in [-0.1, -0.05) is 12.8 Å². The van der Waals surface area contributed by atoms with Gasteiger partial charge in [0.2, 0.25) is 5.91 Å². The molecule has 0 aromatic rings. The molecular weight excluding hydrogens is 238 g/mol. The van der Waals surface area contributed by atoms with Gasteiger partial charge in [0.05, 0.1) is 6.04 Å². The Morgan fingerprint density at radius 1 is 1.33 bits per heavy atom. The fourth-order valence-corrected chi connectivity index (χ4v) is 1.77.